The molecule has 0 amide bonds. The molecule has 0 aliphatic carbocycles. The van der Waals surface area contributed by atoms with Crippen molar-refractivity contribution in [3.63, 3.8) is 0 Å². The van der Waals surface area contributed by atoms with Crippen molar-refractivity contribution < 1.29 is 9.53 Å². The van der Waals surface area contributed by atoms with Crippen molar-refractivity contribution in [2.24, 2.45) is 5.92 Å². The van der Waals surface area contributed by atoms with Crippen LogP contribution < -0.4 is 0 Å². The minimum absolute atomic E-state index is 0.0175. The maximum absolute atomic E-state index is 11.6. The first-order chi connectivity index (χ1) is 8.69. The second kappa shape index (κ2) is 6.29. The summed E-state index contributed by atoms with van der Waals surface area (Å²) in [6.45, 7) is 2.64. The summed E-state index contributed by atoms with van der Waals surface area (Å²) in [7, 11) is 1.46. The molecule has 0 radical (unpaired) electrons. The van der Waals surface area contributed by atoms with E-state index in [4.69, 9.17) is 4.74 Å². The molecule has 1 aromatic rings. The normalized spacial score (nSPS) is 20.7. The van der Waals surface area contributed by atoms with Gasteiger partial charge in [0.2, 0.25) is 0 Å². The van der Waals surface area contributed by atoms with Crippen molar-refractivity contribution >= 4 is 21.9 Å². The van der Waals surface area contributed by atoms with E-state index in [9.17, 15) is 4.79 Å². The maximum atomic E-state index is 11.6. The van der Waals surface area contributed by atoms with Gasteiger partial charge in [-0.25, -0.2) is 0 Å². The number of pyridine rings is 1. The smallest absolute Gasteiger partial charge is 0.309 e. The second-order valence-electron chi connectivity index (χ2n) is 4.61. The van der Waals surface area contributed by atoms with Crippen LogP contribution in [0.2, 0.25) is 0 Å². The lowest BCUT2D eigenvalue weighted by molar-refractivity contribution is -0.147. The fourth-order valence-corrected chi connectivity index (χ4v) is 2.77. The van der Waals surface area contributed by atoms with E-state index in [1.165, 1.54) is 7.11 Å². The lowest BCUT2D eigenvalue weighted by atomic mass is 9.98. The summed E-state index contributed by atoms with van der Waals surface area (Å²) in [5.41, 5.74) is 1.16. The van der Waals surface area contributed by atoms with Gasteiger partial charge in [-0.2, -0.15) is 0 Å². The van der Waals surface area contributed by atoms with Crippen molar-refractivity contribution in [3.8, 4) is 0 Å². The van der Waals surface area contributed by atoms with Crippen LogP contribution in [0, 0.1) is 5.92 Å². The SMILES string of the molecule is COC(=O)[C@H]1CCCN(Cc2cncc(Br)c2)C1. The van der Waals surface area contributed by atoms with Gasteiger partial charge in [-0.1, -0.05) is 0 Å². The number of halogens is 1. The summed E-state index contributed by atoms with van der Waals surface area (Å²) in [4.78, 5) is 18.0. The molecule has 0 aromatic carbocycles. The van der Waals surface area contributed by atoms with E-state index in [2.05, 4.69) is 31.9 Å². The van der Waals surface area contributed by atoms with Gasteiger partial charge in [0, 0.05) is 30.0 Å². The molecule has 0 bridgehead atoms. The summed E-state index contributed by atoms with van der Waals surface area (Å²) in [5.74, 6) is -0.0732. The third-order valence-corrected chi connectivity index (χ3v) is 3.64. The Morgan fingerprint density at radius 2 is 2.44 bits per heavy atom. The van der Waals surface area contributed by atoms with Gasteiger partial charge < -0.3 is 4.74 Å². The minimum Gasteiger partial charge on any atom is -0.469 e. The summed E-state index contributed by atoms with van der Waals surface area (Å²) in [5, 5.41) is 0. The molecule has 0 unspecified atom stereocenters. The number of aromatic nitrogens is 1. The predicted octanol–water partition coefficient (Wildman–Crippen LogP) is 2.23. The van der Waals surface area contributed by atoms with Crippen LogP contribution in [0.15, 0.2) is 22.9 Å². The Balaban J connectivity index is 1.95. The zero-order valence-corrected chi connectivity index (χ0v) is 12.0. The molecular weight excluding hydrogens is 296 g/mol. The average molecular weight is 313 g/mol. The Labute approximate surface area is 115 Å². The highest BCUT2D eigenvalue weighted by Gasteiger charge is 2.26. The van der Waals surface area contributed by atoms with Gasteiger partial charge in [-0.05, 0) is 46.9 Å². The fraction of sp³-hybridized carbons (Fsp3) is 0.538. The number of carbonyl (C=O) groups excluding carboxylic acids is 1. The standard InChI is InChI=1S/C13H17BrN2O2/c1-18-13(17)11-3-2-4-16(9-11)8-10-5-12(14)7-15-6-10/h5-7,11H,2-4,8-9H2,1H3/t11-/m0/s1. The molecular formula is C13H17BrN2O2. The van der Waals surface area contributed by atoms with Crippen molar-refractivity contribution in [1.29, 1.82) is 0 Å². The van der Waals surface area contributed by atoms with E-state index in [1.807, 2.05) is 6.20 Å². The number of carbonyl (C=O) groups is 1. The Kier molecular flexibility index (Phi) is 4.72. The van der Waals surface area contributed by atoms with Crippen LogP contribution in [0.25, 0.3) is 0 Å². The number of hydrogen-bond acceptors (Lipinski definition) is 4. The van der Waals surface area contributed by atoms with E-state index >= 15 is 0 Å². The zero-order valence-electron chi connectivity index (χ0n) is 10.4. The first kappa shape index (κ1) is 13.5. The lowest BCUT2D eigenvalue weighted by Crippen LogP contribution is -2.38. The van der Waals surface area contributed by atoms with Crippen LogP contribution in [0.3, 0.4) is 0 Å². The molecule has 1 saturated heterocycles. The number of piperidine rings is 1. The van der Waals surface area contributed by atoms with Crippen LogP contribution in [0.1, 0.15) is 18.4 Å². The van der Waals surface area contributed by atoms with Gasteiger partial charge in [0.25, 0.3) is 0 Å². The fourth-order valence-electron chi connectivity index (χ4n) is 2.36. The van der Waals surface area contributed by atoms with E-state index < -0.39 is 0 Å². The molecule has 1 aliphatic heterocycles. The summed E-state index contributed by atoms with van der Waals surface area (Å²) < 4.78 is 5.81. The summed E-state index contributed by atoms with van der Waals surface area (Å²) in [6.07, 6.45) is 5.62. The van der Waals surface area contributed by atoms with Gasteiger partial charge >= 0.3 is 5.97 Å². The predicted molar refractivity (Wildman–Crippen MR) is 72.0 cm³/mol. The van der Waals surface area contributed by atoms with Crippen molar-refractivity contribution in [2.75, 3.05) is 20.2 Å². The summed E-state index contributed by atoms with van der Waals surface area (Å²) >= 11 is 3.42. The molecule has 5 heteroatoms. The topological polar surface area (TPSA) is 42.4 Å². The number of hydrogen-bond donors (Lipinski definition) is 0. The highest BCUT2D eigenvalue weighted by molar-refractivity contribution is 9.10. The van der Waals surface area contributed by atoms with Gasteiger partial charge in [0.05, 0.1) is 13.0 Å². The molecule has 18 heavy (non-hydrogen) atoms. The molecule has 1 aromatic heterocycles. The molecule has 1 fully saturated rings. The Morgan fingerprint density at radius 3 is 3.17 bits per heavy atom. The molecule has 98 valence electrons. The molecule has 0 spiro atoms. The number of methoxy groups -OCH3 is 1. The number of ether oxygens (including phenoxy) is 1. The number of nitrogens with zero attached hydrogens (tertiary/aromatic N) is 2. The quantitative estimate of drug-likeness (QED) is 0.803. The van der Waals surface area contributed by atoms with Crippen molar-refractivity contribution in [2.45, 2.75) is 19.4 Å². The zero-order chi connectivity index (χ0) is 13.0. The van der Waals surface area contributed by atoms with Gasteiger partial charge in [0.1, 0.15) is 0 Å². The lowest BCUT2D eigenvalue weighted by Gasteiger charge is -2.31. The monoisotopic (exact) mass is 312 g/mol. The maximum Gasteiger partial charge on any atom is 0.309 e. The second-order valence-corrected chi connectivity index (χ2v) is 5.52. The van der Waals surface area contributed by atoms with Gasteiger partial charge in [0.15, 0.2) is 0 Å². The van der Waals surface area contributed by atoms with E-state index in [1.54, 1.807) is 6.20 Å². The Hall–Kier alpha value is -0.940. The number of likely N-dealkylation sites (tertiary alicyclic amines) is 1. The van der Waals surface area contributed by atoms with Gasteiger partial charge in [-0.15, -0.1) is 0 Å². The average Bonchev–Trinajstić information content (AvgIpc) is 2.38. The number of esters is 1. The third-order valence-electron chi connectivity index (χ3n) is 3.21. The Morgan fingerprint density at radius 1 is 1.61 bits per heavy atom. The largest absolute Gasteiger partial charge is 0.469 e. The minimum atomic E-state index is -0.0907. The molecule has 4 nitrogen and oxygen atoms in total. The Bertz CT molecular complexity index is 425. The molecule has 0 N–H and O–H groups in total. The molecule has 1 atom stereocenters. The summed E-state index contributed by atoms with van der Waals surface area (Å²) in [6, 6.07) is 2.06. The highest BCUT2D eigenvalue weighted by Crippen LogP contribution is 2.20. The van der Waals surface area contributed by atoms with Crippen LogP contribution in [0.5, 0.6) is 0 Å². The van der Waals surface area contributed by atoms with Crippen LogP contribution >= 0.6 is 15.9 Å². The first-order valence-electron chi connectivity index (χ1n) is 6.08. The first-order valence-corrected chi connectivity index (χ1v) is 6.88. The molecule has 2 heterocycles. The molecule has 2 rings (SSSR count). The van der Waals surface area contributed by atoms with Crippen LogP contribution in [-0.4, -0.2) is 36.1 Å². The van der Waals surface area contributed by atoms with Crippen molar-refractivity contribution in [1.82, 2.24) is 9.88 Å². The highest BCUT2D eigenvalue weighted by atomic mass is 79.9. The van der Waals surface area contributed by atoms with Crippen LogP contribution in [-0.2, 0) is 16.1 Å². The van der Waals surface area contributed by atoms with Crippen LogP contribution in [0.4, 0.5) is 0 Å². The molecule has 1 aliphatic rings. The van der Waals surface area contributed by atoms with Crippen molar-refractivity contribution in [3.05, 3.63) is 28.5 Å². The van der Waals surface area contributed by atoms with Gasteiger partial charge in [-0.3, -0.25) is 14.7 Å². The van der Waals surface area contributed by atoms with E-state index in [-0.39, 0.29) is 11.9 Å². The van der Waals surface area contributed by atoms with E-state index in [0.717, 1.165) is 42.5 Å². The number of rotatable bonds is 3. The van der Waals surface area contributed by atoms with E-state index in [0.29, 0.717) is 0 Å². The third kappa shape index (κ3) is 3.53. The molecule has 0 saturated carbocycles.